The van der Waals surface area contributed by atoms with Gasteiger partial charge in [0, 0.05) is 12.0 Å². The lowest BCUT2D eigenvalue weighted by Gasteiger charge is -2.11. The molecule has 0 atom stereocenters. The standard InChI is InChI=1S/C13H12O2/c14-9-10-4-6-11(7-5-10)12-2-1-3-13(15)8-12/h4-9H,1-3H2. The summed E-state index contributed by atoms with van der Waals surface area (Å²) in [6, 6.07) is 7.35. The van der Waals surface area contributed by atoms with Crippen molar-refractivity contribution in [2.45, 2.75) is 19.3 Å². The fourth-order valence-corrected chi connectivity index (χ4v) is 1.80. The van der Waals surface area contributed by atoms with Crippen LogP contribution in [0.15, 0.2) is 30.3 Å². The molecular formula is C13H12O2. The largest absolute Gasteiger partial charge is 0.298 e. The molecular weight excluding hydrogens is 188 g/mol. The number of carbonyl (C=O) groups excluding carboxylic acids is 2. The molecule has 1 aromatic rings. The van der Waals surface area contributed by atoms with Crippen LogP contribution in [0.1, 0.15) is 35.2 Å². The summed E-state index contributed by atoms with van der Waals surface area (Å²) >= 11 is 0. The Morgan fingerprint density at radius 1 is 1.07 bits per heavy atom. The van der Waals surface area contributed by atoms with Crippen molar-refractivity contribution >= 4 is 17.6 Å². The number of aldehydes is 1. The lowest BCUT2D eigenvalue weighted by molar-refractivity contribution is -0.114. The van der Waals surface area contributed by atoms with Gasteiger partial charge in [-0.05, 0) is 30.1 Å². The first-order chi connectivity index (χ1) is 7.29. The Balaban J connectivity index is 2.29. The number of rotatable bonds is 2. The Labute approximate surface area is 88.6 Å². The molecule has 1 aliphatic rings. The van der Waals surface area contributed by atoms with Crippen molar-refractivity contribution in [3.63, 3.8) is 0 Å². The predicted octanol–water partition coefficient (Wildman–Crippen LogP) is 2.64. The van der Waals surface area contributed by atoms with Gasteiger partial charge >= 0.3 is 0 Å². The Morgan fingerprint density at radius 2 is 1.80 bits per heavy atom. The van der Waals surface area contributed by atoms with Gasteiger partial charge in [0.25, 0.3) is 0 Å². The van der Waals surface area contributed by atoms with E-state index < -0.39 is 0 Å². The van der Waals surface area contributed by atoms with E-state index in [1.807, 2.05) is 12.1 Å². The molecule has 1 aromatic carbocycles. The minimum absolute atomic E-state index is 0.204. The molecule has 2 rings (SSSR count). The molecule has 2 nitrogen and oxygen atoms in total. The number of allylic oxidation sites excluding steroid dienone is 2. The Hall–Kier alpha value is -1.70. The summed E-state index contributed by atoms with van der Waals surface area (Å²) in [5.74, 6) is 0.204. The highest BCUT2D eigenvalue weighted by Gasteiger charge is 2.10. The van der Waals surface area contributed by atoms with E-state index in [-0.39, 0.29) is 5.78 Å². The monoisotopic (exact) mass is 200 g/mol. The molecule has 0 unspecified atom stereocenters. The van der Waals surface area contributed by atoms with Gasteiger partial charge in [0.05, 0.1) is 0 Å². The Bertz CT molecular complexity index is 413. The van der Waals surface area contributed by atoms with Gasteiger partial charge in [-0.25, -0.2) is 0 Å². The molecule has 76 valence electrons. The van der Waals surface area contributed by atoms with Crippen LogP contribution in [0.2, 0.25) is 0 Å². The van der Waals surface area contributed by atoms with Crippen molar-refractivity contribution in [1.29, 1.82) is 0 Å². The number of benzene rings is 1. The highest BCUT2D eigenvalue weighted by Crippen LogP contribution is 2.25. The van der Waals surface area contributed by atoms with Gasteiger partial charge in [-0.3, -0.25) is 9.59 Å². The summed E-state index contributed by atoms with van der Waals surface area (Å²) in [6.07, 6.45) is 5.09. The van der Waals surface area contributed by atoms with Crippen LogP contribution < -0.4 is 0 Å². The molecule has 1 aliphatic carbocycles. The van der Waals surface area contributed by atoms with Gasteiger partial charge in [0.2, 0.25) is 0 Å². The van der Waals surface area contributed by atoms with Crippen molar-refractivity contribution < 1.29 is 9.59 Å². The summed E-state index contributed by atoms with van der Waals surface area (Å²) in [5, 5.41) is 0. The average molecular weight is 200 g/mol. The highest BCUT2D eigenvalue weighted by molar-refractivity contribution is 5.98. The fraction of sp³-hybridized carbons (Fsp3) is 0.231. The number of carbonyl (C=O) groups is 2. The third kappa shape index (κ3) is 2.21. The van der Waals surface area contributed by atoms with Crippen molar-refractivity contribution in [2.75, 3.05) is 0 Å². The third-order valence-electron chi connectivity index (χ3n) is 2.62. The van der Waals surface area contributed by atoms with Gasteiger partial charge in [-0.1, -0.05) is 24.3 Å². The van der Waals surface area contributed by atoms with Gasteiger partial charge < -0.3 is 0 Å². The lowest BCUT2D eigenvalue weighted by Crippen LogP contribution is -2.01. The molecule has 0 aliphatic heterocycles. The summed E-state index contributed by atoms with van der Waals surface area (Å²) < 4.78 is 0. The minimum atomic E-state index is 0.204. The zero-order valence-electron chi connectivity index (χ0n) is 8.40. The Kier molecular flexibility index (Phi) is 2.77. The number of ketones is 1. The van der Waals surface area contributed by atoms with E-state index in [0.29, 0.717) is 12.0 Å². The van der Waals surface area contributed by atoms with E-state index in [0.717, 1.165) is 30.3 Å². The van der Waals surface area contributed by atoms with Crippen LogP contribution in [0, 0.1) is 0 Å². The first-order valence-corrected chi connectivity index (χ1v) is 5.08. The first kappa shape index (κ1) is 9.84. The van der Waals surface area contributed by atoms with E-state index in [9.17, 15) is 9.59 Å². The van der Waals surface area contributed by atoms with E-state index in [2.05, 4.69) is 0 Å². The topological polar surface area (TPSA) is 34.1 Å². The summed E-state index contributed by atoms with van der Waals surface area (Å²) in [5.41, 5.74) is 2.80. The minimum Gasteiger partial charge on any atom is -0.298 e. The van der Waals surface area contributed by atoms with Crippen molar-refractivity contribution in [2.24, 2.45) is 0 Å². The maximum atomic E-state index is 11.2. The third-order valence-corrected chi connectivity index (χ3v) is 2.62. The van der Waals surface area contributed by atoms with E-state index in [1.165, 1.54) is 0 Å². The van der Waals surface area contributed by atoms with Crippen LogP contribution in [0.4, 0.5) is 0 Å². The molecule has 0 radical (unpaired) electrons. The predicted molar refractivity (Wildman–Crippen MR) is 58.7 cm³/mol. The van der Waals surface area contributed by atoms with Crippen LogP contribution in [0.25, 0.3) is 5.57 Å². The van der Waals surface area contributed by atoms with Crippen LogP contribution in [0.3, 0.4) is 0 Å². The molecule has 2 heteroatoms. The number of hydrogen-bond donors (Lipinski definition) is 0. The Morgan fingerprint density at radius 3 is 2.40 bits per heavy atom. The highest BCUT2D eigenvalue weighted by atomic mass is 16.1. The SMILES string of the molecule is O=Cc1ccc(C2=CC(=O)CCC2)cc1. The normalized spacial score (nSPS) is 16.0. The van der Waals surface area contributed by atoms with E-state index >= 15 is 0 Å². The maximum absolute atomic E-state index is 11.2. The van der Waals surface area contributed by atoms with Crippen molar-refractivity contribution in [3.8, 4) is 0 Å². The van der Waals surface area contributed by atoms with Gasteiger partial charge in [-0.2, -0.15) is 0 Å². The second-order valence-electron chi connectivity index (χ2n) is 3.73. The second-order valence-corrected chi connectivity index (χ2v) is 3.73. The molecule has 0 aromatic heterocycles. The number of hydrogen-bond acceptors (Lipinski definition) is 2. The quantitative estimate of drug-likeness (QED) is 0.688. The molecule has 0 saturated heterocycles. The smallest absolute Gasteiger partial charge is 0.155 e. The molecule has 0 N–H and O–H groups in total. The zero-order chi connectivity index (χ0) is 10.7. The summed E-state index contributed by atoms with van der Waals surface area (Å²) in [7, 11) is 0. The maximum Gasteiger partial charge on any atom is 0.155 e. The van der Waals surface area contributed by atoms with Gasteiger partial charge in [0.15, 0.2) is 5.78 Å². The van der Waals surface area contributed by atoms with Crippen molar-refractivity contribution in [3.05, 3.63) is 41.5 Å². The van der Waals surface area contributed by atoms with E-state index in [4.69, 9.17) is 0 Å². The molecule has 15 heavy (non-hydrogen) atoms. The zero-order valence-corrected chi connectivity index (χ0v) is 8.40. The molecule has 0 fully saturated rings. The van der Waals surface area contributed by atoms with Crippen LogP contribution in [-0.2, 0) is 4.79 Å². The molecule has 0 amide bonds. The molecule has 0 bridgehead atoms. The van der Waals surface area contributed by atoms with Gasteiger partial charge in [0.1, 0.15) is 6.29 Å². The molecule has 0 heterocycles. The van der Waals surface area contributed by atoms with Crippen LogP contribution >= 0.6 is 0 Å². The average Bonchev–Trinajstić information content (AvgIpc) is 2.29. The van der Waals surface area contributed by atoms with Crippen LogP contribution in [0.5, 0.6) is 0 Å². The van der Waals surface area contributed by atoms with Gasteiger partial charge in [-0.15, -0.1) is 0 Å². The fourth-order valence-electron chi connectivity index (χ4n) is 1.80. The lowest BCUT2D eigenvalue weighted by atomic mass is 9.93. The first-order valence-electron chi connectivity index (χ1n) is 5.08. The van der Waals surface area contributed by atoms with Crippen LogP contribution in [-0.4, -0.2) is 12.1 Å². The summed E-state index contributed by atoms with van der Waals surface area (Å²) in [6.45, 7) is 0. The molecule has 0 saturated carbocycles. The molecule has 0 spiro atoms. The van der Waals surface area contributed by atoms with Crippen molar-refractivity contribution in [1.82, 2.24) is 0 Å². The second kappa shape index (κ2) is 4.22. The summed E-state index contributed by atoms with van der Waals surface area (Å²) in [4.78, 5) is 21.7. The van der Waals surface area contributed by atoms with E-state index in [1.54, 1.807) is 18.2 Å².